The second kappa shape index (κ2) is 5.61. The maximum atomic E-state index is 10.7. The minimum absolute atomic E-state index is 0.0845. The number of rotatable bonds is 2. The van der Waals surface area contributed by atoms with Gasteiger partial charge in [-0.25, -0.2) is 4.79 Å². The molecule has 0 heterocycles. The Bertz CT molecular complexity index is 440. The molecule has 0 saturated carbocycles. The monoisotopic (exact) mass is 460 g/mol. The van der Waals surface area contributed by atoms with Crippen molar-refractivity contribution in [3.63, 3.8) is 0 Å². The van der Waals surface area contributed by atoms with Gasteiger partial charge >= 0.3 is 5.97 Å². The molecule has 0 aliphatic rings. The Hall–Kier alpha value is 0.350. The van der Waals surface area contributed by atoms with Gasteiger partial charge in [-0.2, -0.15) is 0 Å². The van der Waals surface area contributed by atoms with Crippen molar-refractivity contribution in [1.29, 1.82) is 0 Å². The Morgan fingerprint density at radius 3 is 2.33 bits per heavy atom. The summed E-state index contributed by atoms with van der Waals surface area (Å²) in [6.45, 7) is 0. The molecule has 0 saturated heterocycles. The zero-order chi connectivity index (χ0) is 11.6. The van der Waals surface area contributed by atoms with E-state index >= 15 is 0 Å². The van der Waals surface area contributed by atoms with Crippen LogP contribution in [0.2, 0.25) is 0 Å². The predicted molar refractivity (Wildman–Crippen MR) is 74.3 cm³/mol. The topological polar surface area (TPSA) is 37.3 Å². The van der Waals surface area contributed by atoms with E-state index in [0.29, 0.717) is 4.48 Å². The molecule has 0 aliphatic carbocycles. The van der Waals surface area contributed by atoms with E-state index in [0.717, 1.165) is 14.5 Å². The SMILES string of the molecule is O=C(O)C(Br)=C(Br)c1cccc(Br)c1Br. The van der Waals surface area contributed by atoms with Crippen LogP contribution in [0.1, 0.15) is 5.56 Å². The molecule has 0 atom stereocenters. The zero-order valence-corrected chi connectivity index (χ0v) is 13.4. The molecule has 6 heteroatoms. The average molecular weight is 464 g/mol. The van der Waals surface area contributed by atoms with Crippen LogP contribution in [0.3, 0.4) is 0 Å². The lowest BCUT2D eigenvalue weighted by atomic mass is 10.2. The van der Waals surface area contributed by atoms with E-state index in [4.69, 9.17) is 5.11 Å². The van der Waals surface area contributed by atoms with Crippen molar-refractivity contribution < 1.29 is 9.90 Å². The highest BCUT2D eigenvalue weighted by molar-refractivity contribution is 9.17. The van der Waals surface area contributed by atoms with Gasteiger partial charge in [-0.15, -0.1) is 0 Å². The summed E-state index contributed by atoms with van der Waals surface area (Å²) in [7, 11) is 0. The van der Waals surface area contributed by atoms with Gasteiger partial charge in [-0.05, 0) is 69.8 Å². The molecule has 15 heavy (non-hydrogen) atoms. The van der Waals surface area contributed by atoms with Crippen LogP contribution in [0.5, 0.6) is 0 Å². The van der Waals surface area contributed by atoms with E-state index in [2.05, 4.69) is 63.7 Å². The summed E-state index contributed by atoms with van der Waals surface area (Å²) in [5.74, 6) is -1.02. The van der Waals surface area contributed by atoms with Crippen LogP contribution in [0.15, 0.2) is 31.6 Å². The van der Waals surface area contributed by atoms with Crippen LogP contribution < -0.4 is 0 Å². The van der Waals surface area contributed by atoms with Crippen molar-refractivity contribution in [2.45, 2.75) is 0 Å². The first-order chi connectivity index (χ1) is 6.95. The summed E-state index contributed by atoms with van der Waals surface area (Å²) in [5, 5.41) is 8.81. The Morgan fingerprint density at radius 1 is 1.20 bits per heavy atom. The molecule has 1 rings (SSSR count). The number of carboxylic acid groups (broad SMARTS) is 1. The molecule has 0 spiro atoms. The molecule has 0 aliphatic heterocycles. The molecule has 0 fully saturated rings. The largest absolute Gasteiger partial charge is 0.477 e. The van der Waals surface area contributed by atoms with Crippen LogP contribution in [-0.2, 0) is 4.79 Å². The van der Waals surface area contributed by atoms with Crippen LogP contribution in [0.25, 0.3) is 4.48 Å². The van der Waals surface area contributed by atoms with Crippen molar-refractivity contribution in [1.82, 2.24) is 0 Å². The molecule has 80 valence electrons. The number of aliphatic carboxylic acids is 1. The summed E-state index contributed by atoms with van der Waals surface area (Å²) in [4.78, 5) is 10.7. The van der Waals surface area contributed by atoms with Gasteiger partial charge in [0.05, 0.1) is 0 Å². The molecule has 2 nitrogen and oxygen atoms in total. The van der Waals surface area contributed by atoms with Crippen molar-refractivity contribution >= 4 is 74.2 Å². The van der Waals surface area contributed by atoms with Gasteiger partial charge in [0.1, 0.15) is 4.48 Å². The highest BCUT2D eigenvalue weighted by Gasteiger charge is 2.14. The van der Waals surface area contributed by atoms with Gasteiger partial charge in [-0.3, -0.25) is 0 Å². The highest BCUT2D eigenvalue weighted by atomic mass is 79.9. The number of carboxylic acids is 1. The van der Waals surface area contributed by atoms with Gasteiger partial charge in [-0.1, -0.05) is 12.1 Å². The minimum atomic E-state index is -1.02. The number of halogens is 4. The first kappa shape index (κ1) is 13.4. The van der Waals surface area contributed by atoms with Crippen molar-refractivity contribution in [2.24, 2.45) is 0 Å². The van der Waals surface area contributed by atoms with Gasteiger partial charge in [0.2, 0.25) is 0 Å². The molecular formula is C9H4Br4O2. The summed E-state index contributed by atoms with van der Waals surface area (Å²) >= 11 is 13.0. The van der Waals surface area contributed by atoms with E-state index in [1.807, 2.05) is 18.2 Å². The summed E-state index contributed by atoms with van der Waals surface area (Å²) in [5.41, 5.74) is 0.763. The van der Waals surface area contributed by atoms with E-state index in [1.54, 1.807) is 0 Å². The number of benzene rings is 1. The van der Waals surface area contributed by atoms with E-state index in [1.165, 1.54) is 0 Å². The van der Waals surface area contributed by atoms with Gasteiger partial charge in [0.25, 0.3) is 0 Å². The smallest absolute Gasteiger partial charge is 0.343 e. The van der Waals surface area contributed by atoms with Crippen LogP contribution in [-0.4, -0.2) is 11.1 Å². The Balaban J connectivity index is 3.35. The lowest BCUT2D eigenvalue weighted by Crippen LogP contribution is -1.95. The first-order valence-electron chi connectivity index (χ1n) is 3.68. The highest BCUT2D eigenvalue weighted by Crippen LogP contribution is 2.37. The molecular weight excluding hydrogens is 460 g/mol. The zero-order valence-electron chi connectivity index (χ0n) is 7.10. The Morgan fingerprint density at radius 2 is 1.80 bits per heavy atom. The summed E-state index contributed by atoms with van der Waals surface area (Å²) in [6.07, 6.45) is 0. The number of hydrogen-bond acceptors (Lipinski definition) is 1. The maximum absolute atomic E-state index is 10.7. The fourth-order valence-electron chi connectivity index (χ4n) is 0.885. The average Bonchev–Trinajstić information content (AvgIpc) is 2.20. The van der Waals surface area contributed by atoms with Crippen molar-refractivity contribution in [2.75, 3.05) is 0 Å². The van der Waals surface area contributed by atoms with Gasteiger partial charge in [0.15, 0.2) is 0 Å². The Kier molecular flexibility index (Phi) is 5.02. The molecule has 1 N–H and O–H groups in total. The second-order valence-electron chi connectivity index (χ2n) is 2.53. The number of hydrogen-bond donors (Lipinski definition) is 1. The third-order valence-electron chi connectivity index (χ3n) is 1.57. The molecule has 0 bridgehead atoms. The normalized spacial score (nSPS) is 12.3. The van der Waals surface area contributed by atoms with Gasteiger partial charge in [0, 0.05) is 19.0 Å². The van der Waals surface area contributed by atoms with Crippen LogP contribution >= 0.6 is 63.7 Å². The van der Waals surface area contributed by atoms with E-state index in [9.17, 15) is 4.79 Å². The molecule has 0 amide bonds. The second-order valence-corrected chi connectivity index (χ2v) is 5.77. The fraction of sp³-hybridized carbons (Fsp3) is 0. The lowest BCUT2D eigenvalue weighted by Gasteiger charge is -2.06. The summed E-state index contributed by atoms with van der Waals surface area (Å²) < 4.78 is 2.24. The van der Waals surface area contributed by atoms with Crippen molar-refractivity contribution in [3.8, 4) is 0 Å². The first-order valence-corrected chi connectivity index (χ1v) is 6.85. The molecule has 1 aromatic carbocycles. The quantitative estimate of drug-likeness (QED) is 0.643. The van der Waals surface area contributed by atoms with Crippen LogP contribution in [0.4, 0.5) is 0 Å². The van der Waals surface area contributed by atoms with E-state index in [-0.39, 0.29) is 4.48 Å². The van der Waals surface area contributed by atoms with E-state index < -0.39 is 5.97 Å². The molecule has 0 radical (unpaired) electrons. The van der Waals surface area contributed by atoms with Crippen LogP contribution in [0, 0.1) is 0 Å². The molecule has 0 unspecified atom stereocenters. The van der Waals surface area contributed by atoms with Gasteiger partial charge < -0.3 is 5.11 Å². The molecule has 0 aromatic heterocycles. The fourth-order valence-corrected chi connectivity index (χ4v) is 2.69. The number of carbonyl (C=O) groups is 1. The minimum Gasteiger partial charge on any atom is -0.477 e. The maximum Gasteiger partial charge on any atom is 0.343 e. The lowest BCUT2D eigenvalue weighted by molar-refractivity contribution is -0.131. The third kappa shape index (κ3) is 3.15. The standard InChI is InChI=1S/C9H4Br4O2/c10-5-3-1-2-4(6(5)11)7(12)8(13)9(14)15/h1-3H,(H,14,15). The molecule has 1 aromatic rings. The summed E-state index contributed by atoms with van der Waals surface area (Å²) in [6, 6.07) is 5.50. The predicted octanol–water partition coefficient (Wildman–Crippen LogP) is 4.75. The Labute approximate surface area is 120 Å². The van der Waals surface area contributed by atoms with Crippen molar-refractivity contribution in [3.05, 3.63) is 37.2 Å². The third-order valence-corrected chi connectivity index (χ3v) is 5.71.